The minimum absolute atomic E-state index is 0.350. The van der Waals surface area contributed by atoms with Crippen LogP contribution >= 0.6 is 15.9 Å². The molecule has 0 saturated carbocycles. The second kappa shape index (κ2) is 7.58. The molecule has 0 spiro atoms. The molecule has 19 heavy (non-hydrogen) atoms. The lowest BCUT2D eigenvalue weighted by Gasteiger charge is -2.13. The topological polar surface area (TPSA) is 61.6 Å². The van der Waals surface area contributed by atoms with Crippen LogP contribution in [0.5, 0.6) is 11.5 Å². The first-order chi connectivity index (χ1) is 9.08. The quantitative estimate of drug-likeness (QED) is 0.435. The molecule has 6 heteroatoms. The van der Waals surface area contributed by atoms with Gasteiger partial charge in [0, 0.05) is 6.08 Å². The summed E-state index contributed by atoms with van der Waals surface area (Å²) in [6.45, 7) is 6.25. The predicted octanol–water partition coefficient (Wildman–Crippen LogP) is 3.66. The second-order valence-electron chi connectivity index (χ2n) is 3.46. The summed E-state index contributed by atoms with van der Waals surface area (Å²) >= 11 is 3.36. The number of hydrogen-bond donors (Lipinski definition) is 0. The van der Waals surface area contributed by atoms with E-state index in [2.05, 4.69) is 22.5 Å². The fourth-order valence-corrected chi connectivity index (χ4v) is 1.95. The van der Waals surface area contributed by atoms with Gasteiger partial charge in [0.2, 0.25) is 6.20 Å². The van der Waals surface area contributed by atoms with Gasteiger partial charge in [0.15, 0.2) is 11.5 Å². The predicted molar refractivity (Wildman–Crippen MR) is 77.0 cm³/mol. The average molecular weight is 328 g/mol. The highest BCUT2D eigenvalue weighted by molar-refractivity contribution is 9.10. The Morgan fingerprint density at radius 1 is 1.47 bits per heavy atom. The van der Waals surface area contributed by atoms with Gasteiger partial charge in [0.25, 0.3) is 0 Å². The average Bonchev–Trinajstić information content (AvgIpc) is 2.36. The van der Waals surface area contributed by atoms with Crippen molar-refractivity contribution in [2.24, 2.45) is 0 Å². The van der Waals surface area contributed by atoms with E-state index in [1.54, 1.807) is 18.2 Å². The summed E-state index contributed by atoms with van der Waals surface area (Å²) < 4.78 is 11.6. The molecule has 0 bridgehead atoms. The highest BCUT2D eigenvalue weighted by Gasteiger charge is 2.11. The van der Waals surface area contributed by atoms with E-state index < -0.39 is 4.92 Å². The first kappa shape index (κ1) is 15.2. The largest absolute Gasteiger partial charge is 0.490 e. The molecule has 0 fully saturated rings. The lowest BCUT2D eigenvalue weighted by atomic mass is 10.2. The van der Waals surface area contributed by atoms with E-state index in [1.165, 1.54) is 6.08 Å². The van der Waals surface area contributed by atoms with Crippen molar-refractivity contribution in [2.45, 2.75) is 6.92 Å². The summed E-state index contributed by atoms with van der Waals surface area (Å²) in [4.78, 5) is 9.80. The Kier molecular flexibility index (Phi) is 6.08. The van der Waals surface area contributed by atoms with Crippen molar-refractivity contribution in [3.8, 4) is 11.5 Å². The van der Waals surface area contributed by atoms with Crippen LogP contribution in [0.1, 0.15) is 12.5 Å². The summed E-state index contributed by atoms with van der Waals surface area (Å²) in [5, 5.41) is 10.3. The van der Waals surface area contributed by atoms with E-state index in [0.717, 1.165) is 6.20 Å². The van der Waals surface area contributed by atoms with Crippen molar-refractivity contribution < 1.29 is 14.4 Å². The summed E-state index contributed by atoms with van der Waals surface area (Å²) in [5.74, 6) is 1.08. The molecule has 102 valence electrons. The van der Waals surface area contributed by atoms with Crippen LogP contribution in [-0.2, 0) is 0 Å². The van der Waals surface area contributed by atoms with Gasteiger partial charge >= 0.3 is 0 Å². The molecular formula is C13H14BrNO4. The molecule has 5 nitrogen and oxygen atoms in total. The molecule has 1 aromatic carbocycles. The molecule has 0 saturated heterocycles. The SMILES string of the molecule is C=CCOc1c(Br)cc(/C=C/[N+](=O)[O-])cc1OCC. The summed E-state index contributed by atoms with van der Waals surface area (Å²) in [6, 6.07) is 3.41. The van der Waals surface area contributed by atoms with Gasteiger partial charge < -0.3 is 9.47 Å². The lowest BCUT2D eigenvalue weighted by molar-refractivity contribution is -0.400. The minimum Gasteiger partial charge on any atom is -0.490 e. The van der Waals surface area contributed by atoms with Gasteiger partial charge in [-0.25, -0.2) is 0 Å². The molecular weight excluding hydrogens is 314 g/mol. The zero-order valence-corrected chi connectivity index (χ0v) is 12.1. The molecule has 0 atom stereocenters. The van der Waals surface area contributed by atoms with Crippen LogP contribution < -0.4 is 9.47 Å². The molecule has 1 aromatic rings. The Morgan fingerprint density at radius 2 is 2.21 bits per heavy atom. The maximum Gasteiger partial charge on any atom is 0.235 e. The van der Waals surface area contributed by atoms with Crippen molar-refractivity contribution >= 4 is 22.0 Å². The van der Waals surface area contributed by atoms with E-state index >= 15 is 0 Å². The van der Waals surface area contributed by atoms with Gasteiger partial charge in [-0.1, -0.05) is 12.7 Å². The third kappa shape index (κ3) is 4.75. The second-order valence-corrected chi connectivity index (χ2v) is 4.32. The van der Waals surface area contributed by atoms with E-state index in [-0.39, 0.29) is 0 Å². The summed E-state index contributed by atoms with van der Waals surface area (Å²) in [6.07, 6.45) is 3.90. The molecule has 0 aliphatic rings. The molecule has 0 radical (unpaired) electrons. The van der Waals surface area contributed by atoms with Crippen LogP contribution in [0.15, 0.2) is 35.5 Å². The van der Waals surface area contributed by atoms with E-state index in [0.29, 0.717) is 34.7 Å². The van der Waals surface area contributed by atoms with Crippen molar-refractivity contribution in [1.82, 2.24) is 0 Å². The monoisotopic (exact) mass is 327 g/mol. The number of benzene rings is 1. The van der Waals surface area contributed by atoms with Crippen molar-refractivity contribution in [2.75, 3.05) is 13.2 Å². The van der Waals surface area contributed by atoms with Crippen molar-refractivity contribution in [3.63, 3.8) is 0 Å². The molecule has 0 unspecified atom stereocenters. The fourth-order valence-electron chi connectivity index (χ4n) is 1.38. The molecule has 0 aliphatic carbocycles. The molecule has 0 heterocycles. The first-order valence-electron chi connectivity index (χ1n) is 5.60. The zero-order chi connectivity index (χ0) is 14.3. The van der Waals surface area contributed by atoms with Gasteiger partial charge in [0.1, 0.15) is 6.61 Å². The van der Waals surface area contributed by atoms with E-state index in [9.17, 15) is 10.1 Å². The van der Waals surface area contributed by atoms with Crippen LogP contribution in [0.4, 0.5) is 0 Å². The first-order valence-corrected chi connectivity index (χ1v) is 6.39. The van der Waals surface area contributed by atoms with Gasteiger partial charge in [0.05, 0.1) is 16.0 Å². The smallest absolute Gasteiger partial charge is 0.235 e. The standard InChI is InChI=1S/C13H14BrNO4/c1-3-7-19-13-11(14)8-10(5-6-15(16)17)9-12(13)18-4-2/h3,5-6,8-9H,1,4,7H2,2H3/b6-5+. The molecule has 0 N–H and O–H groups in total. The lowest BCUT2D eigenvalue weighted by Crippen LogP contribution is -2.00. The molecule has 1 rings (SSSR count). The number of hydrogen-bond acceptors (Lipinski definition) is 4. The third-order valence-corrected chi connectivity index (χ3v) is 2.65. The molecule has 0 aliphatic heterocycles. The third-order valence-electron chi connectivity index (χ3n) is 2.07. The molecule has 0 amide bonds. The van der Waals surface area contributed by atoms with Crippen molar-refractivity contribution in [3.05, 3.63) is 51.1 Å². The number of nitrogens with zero attached hydrogens (tertiary/aromatic N) is 1. The summed E-state index contributed by atoms with van der Waals surface area (Å²) in [5.41, 5.74) is 0.651. The van der Waals surface area contributed by atoms with Crippen LogP contribution in [0.25, 0.3) is 6.08 Å². The Bertz CT molecular complexity index is 500. The van der Waals surface area contributed by atoms with Gasteiger partial charge in [-0.3, -0.25) is 10.1 Å². The minimum atomic E-state index is -0.517. The van der Waals surface area contributed by atoms with Gasteiger partial charge in [-0.05, 0) is 40.5 Å². The maximum atomic E-state index is 10.3. The highest BCUT2D eigenvalue weighted by Crippen LogP contribution is 2.37. The van der Waals surface area contributed by atoms with Crippen LogP contribution in [0.2, 0.25) is 0 Å². The van der Waals surface area contributed by atoms with Crippen molar-refractivity contribution in [1.29, 1.82) is 0 Å². The normalized spacial score (nSPS) is 10.4. The highest BCUT2D eigenvalue weighted by atomic mass is 79.9. The Hall–Kier alpha value is -1.82. The molecule has 0 aromatic heterocycles. The maximum absolute atomic E-state index is 10.3. The number of rotatable bonds is 7. The fraction of sp³-hybridized carbons (Fsp3) is 0.231. The van der Waals surface area contributed by atoms with Gasteiger partial charge in [-0.2, -0.15) is 0 Å². The number of ether oxygens (including phenoxy) is 2. The Balaban J connectivity index is 3.12. The van der Waals surface area contributed by atoms with Crippen LogP contribution in [0.3, 0.4) is 0 Å². The Labute approximate surface area is 119 Å². The zero-order valence-electron chi connectivity index (χ0n) is 10.5. The Morgan fingerprint density at radius 3 is 2.79 bits per heavy atom. The summed E-state index contributed by atoms with van der Waals surface area (Å²) in [7, 11) is 0. The number of nitro groups is 1. The van der Waals surface area contributed by atoms with Crippen LogP contribution in [-0.4, -0.2) is 18.1 Å². The van der Waals surface area contributed by atoms with E-state index in [1.807, 2.05) is 6.92 Å². The number of halogens is 1. The van der Waals surface area contributed by atoms with Crippen LogP contribution in [0, 0.1) is 10.1 Å². The van der Waals surface area contributed by atoms with Gasteiger partial charge in [-0.15, -0.1) is 0 Å². The van der Waals surface area contributed by atoms with E-state index in [4.69, 9.17) is 9.47 Å².